The summed E-state index contributed by atoms with van der Waals surface area (Å²) in [6.45, 7) is 1.08. The van der Waals surface area contributed by atoms with Gasteiger partial charge in [0.1, 0.15) is 0 Å². The van der Waals surface area contributed by atoms with Gasteiger partial charge in [-0.2, -0.15) is 0 Å². The highest BCUT2D eigenvalue weighted by Gasteiger charge is 2.53. The normalized spacial score (nSPS) is 61.3. The predicted octanol–water partition coefficient (Wildman–Crippen LogP) is 1.43. The Hall–Kier alpha value is -0.0400. The molecule has 3 fully saturated rings. The lowest BCUT2D eigenvalue weighted by Crippen LogP contribution is -2.41. The summed E-state index contributed by atoms with van der Waals surface area (Å²) < 4.78 is 5.49. The second-order valence-electron chi connectivity index (χ2n) is 3.80. The van der Waals surface area contributed by atoms with Crippen LogP contribution in [0.1, 0.15) is 19.3 Å². The molecular weight excluding hydrogens is 112 g/mol. The first-order valence-electron chi connectivity index (χ1n) is 4.07. The average molecular weight is 124 g/mol. The van der Waals surface area contributed by atoms with Crippen molar-refractivity contribution in [2.45, 2.75) is 25.4 Å². The highest BCUT2D eigenvalue weighted by Crippen LogP contribution is 2.54. The van der Waals surface area contributed by atoms with Gasteiger partial charge in [0.2, 0.25) is 0 Å². The maximum absolute atomic E-state index is 5.49. The summed E-state index contributed by atoms with van der Waals surface area (Å²) in [4.78, 5) is 0. The van der Waals surface area contributed by atoms with Crippen LogP contribution in [0.25, 0.3) is 0 Å². The Morgan fingerprint density at radius 2 is 2.11 bits per heavy atom. The van der Waals surface area contributed by atoms with E-state index in [4.69, 9.17) is 4.74 Å². The van der Waals surface area contributed by atoms with E-state index in [9.17, 15) is 0 Å². The minimum Gasteiger partial charge on any atom is -0.377 e. The Kier molecular flexibility index (Phi) is 0.704. The van der Waals surface area contributed by atoms with Crippen molar-refractivity contribution in [3.63, 3.8) is 0 Å². The SMILES string of the molecule is C1CC2C1CC1COC12. The van der Waals surface area contributed by atoms with Crippen molar-refractivity contribution >= 4 is 0 Å². The van der Waals surface area contributed by atoms with Crippen molar-refractivity contribution < 1.29 is 4.74 Å². The van der Waals surface area contributed by atoms with E-state index in [0.717, 1.165) is 30.5 Å². The van der Waals surface area contributed by atoms with Gasteiger partial charge >= 0.3 is 0 Å². The molecule has 0 aromatic carbocycles. The minimum atomic E-state index is 0.726. The summed E-state index contributed by atoms with van der Waals surface area (Å²) in [5.74, 6) is 3.08. The fourth-order valence-electron chi connectivity index (χ4n) is 2.73. The quantitative estimate of drug-likeness (QED) is 0.474. The lowest BCUT2D eigenvalue weighted by molar-refractivity contribution is -0.123. The molecule has 1 nitrogen and oxygen atoms in total. The number of hydrogen-bond donors (Lipinski definition) is 0. The van der Waals surface area contributed by atoms with E-state index >= 15 is 0 Å². The molecule has 0 aromatic heterocycles. The first-order chi connectivity index (χ1) is 4.45. The van der Waals surface area contributed by atoms with Crippen LogP contribution in [0.3, 0.4) is 0 Å². The molecule has 0 spiro atoms. The molecule has 50 valence electrons. The van der Waals surface area contributed by atoms with Crippen LogP contribution in [0.4, 0.5) is 0 Å². The van der Waals surface area contributed by atoms with Gasteiger partial charge in [-0.3, -0.25) is 0 Å². The van der Waals surface area contributed by atoms with Crippen LogP contribution in [-0.2, 0) is 4.74 Å². The van der Waals surface area contributed by atoms with Gasteiger partial charge in [-0.15, -0.1) is 0 Å². The van der Waals surface area contributed by atoms with E-state index in [1.807, 2.05) is 0 Å². The highest BCUT2D eigenvalue weighted by molar-refractivity contribution is 5.01. The molecule has 0 aromatic rings. The van der Waals surface area contributed by atoms with Gasteiger partial charge in [0.25, 0.3) is 0 Å². The third-order valence-corrected chi connectivity index (χ3v) is 3.47. The molecule has 9 heavy (non-hydrogen) atoms. The van der Waals surface area contributed by atoms with Crippen molar-refractivity contribution in [2.75, 3.05) is 6.61 Å². The van der Waals surface area contributed by atoms with Crippen molar-refractivity contribution in [2.24, 2.45) is 17.8 Å². The second kappa shape index (κ2) is 1.34. The maximum Gasteiger partial charge on any atom is 0.0656 e. The molecule has 4 atom stereocenters. The summed E-state index contributed by atoms with van der Waals surface area (Å²) >= 11 is 0. The first kappa shape index (κ1) is 4.73. The molecule has 3 aliphatic rings. The predicted molar refractivity (Wildman–Crippen MR) is 34.1 cm³/mol. The fraction of sp³-hybridized carbons (Fsp3) is 1.00. The molecule has 2 aliphatic carbocycles. The second-order valence-corrected chi connectivity index (χ2v) is 3.80. The van der Waals surface area contributed by atoms with Crippen LogP contribution in [-0.4, -0.2) is 12.7 Å². The Balaban J connectivity index is 1.87. The number of hydrogen-bond acceptors (Lipinski definition) is 1. The van der Waals surface area contributed by atoms with Crippen molar-refractivity contribution in [3.05, 3.63) is 0 Å². The van der Waals surface area contributed by atoms with Crippen LogP contribution in [0.15, 0.2) is 0 Å². The Morgan fingerprint density at radius 1 is 1.11 bits per heavy atom. The molecular formula is C8H12O. The molecule has 1 aliphatic heterocycles. The molecule has 3 rings (SSSR count). The number of rotatable bonds is 0. The zero-order chi connectivity index (χ0) is 5.84. The molecule has 0 radical (unpaired) electrons. The van der Waals surface area contributed by atoms with Gasteiger partial charge in [-0.05, 0) is 31.1 Å². The largest absolute Gasteiger partial charge is 0.377 e. The third-order valence-electron chi connectivity index (χ3n) is 3.47. The summed E-state index contributed by atoms with van der Waals surface area (Å²) in [5, 5.41) is 0. The monoisotopic (exact) mass is 124 g/mol. The lowest BCUT2D eigenvalue weighted by Gasteiger charge is -2.38. The van der Waals surface area contributed by atoms with Crippen LogP contribution in [0.5, 0.6) is 0 Å². The Labute approximate surface area is 55.4 Å². The number of fused-ring (bicyclic) bond motifs is 3. The van der Waals surface area contributed by atoms with Crippen LogP contribution in [0, 0.1) is 17.8 Å². The van der Waals surface area contributed by atoms with Crippen LogP contribution >= 0.6 is 0 Å². The van der Waals surface area contributed by atoms with E-state index in [-0.39, 0.29) is 0 Å². The van der Waals surface area contributed by atoms with Gasteiger partial charge in [-0.25, -0.2) is 0 Å². The van der Waals surface area contributed by atoms with Crippen LogP contribution < -0.4 is 0 Å². The zero-order valence-electron chi connectivity index (χ0n) is 5.55. The topological polar surface area (TPSA) is 9.23 Å². The minimum absolute atomic E-state index is 0.726. The Bertz CT molecular complexity index is 128. The third kappa shape index (κ3) is 0.420. The van der Waals surface area contributed by atoms with Gasteiger partial charge in [0.15, 0.2) is 0 Å². The maximum atomic E-state index is 5.49. The van der Waals surface area contributed by atoms with E-state index in [2.05, 4.69) is 0 Å². The van der Waals surface area contributed by atoms with Crippen molar-refractivity contribution in [3.8, 4) is 0 Å². The van der Waals surface area contributed by atoms with Gasteiger partial charge in [0, 0.05) is 5.92 Å². The smallest absolute Gasteiger partial charge is 0.0656 e. The molecule has 0 bridgehead atoms. The zero-order valence-corrected chi connectivity index (χ0v) is 5.55. The average Bonchev–Trinajstić information content (AvgIpc) is 1.88. The van der Waals surface area contributed by atoms with Crippen LogP contribution in [0.2, 0.25) is 0 Å². The van der Waals surface area contributed by atoms with E-state index in [1.54, 1.807) is 0 Å². The molecule has 2 saturated carbocycles. The highest BCUT2D eigenvalue weighted by atomic mass is 16.5. The van der Waals surface area contributed by atoms with E-state index in [0.29, 0.717) is 0 Å². The van der Waals surface area contributed by atoms with Gasteiger partial charge in [-0.1, -0.05) is 0 Å². The summed E-state index contributed by atoms with van der Waals surface area (Å²) in [6.07, 6.45) is 5.19. The van der Waals surface area contributed by atoms with Gasteiger partial charge < -0.3 is 4.74 Å². The number of ether oxygens (including phenoxy) is 1. The van der Waals surface area contributed by atoms with Crippen molar-refractivity contribution in [1.29, 1.82) is 0 Å². The molecule has 0 amide bonds. The van der Waals surface area contributed by atoms with E-state index < -0.39 is 0 Å². The Morgan fingerprint density at radius 3 is 2.44 bits per heavy atom. The van der Waals surface area contributed by atoms with E-state index in [1.165, 1.54) is 19.3 Å². The van der Waals surface area contributed by atoms with Gasteiger partial charge in [0.05, 0.1) is 12.7 Å². The molecule has 1 saturated heterocycles. The molecule has 1 heterocycles. The summed E-state index contributed by atoms with van der Waals surface area (Å²) in [6, 6.07) is 0. The standard InChI is InChI=1S/C8H12O/c1-2-7-5(1)3-6-4-9-8(6)7/h5-8H,1-4H2. The summed E-state index contributed by atoms with van der Waals surface area (Å²) in [5.41, 5.74) is 0. The molecule has 1 heteroatoms. The summed E-state index contributed by atoms with van der Waals surface area (Å²) in [7, 11) is 0. The molecule has 0 N–H and O–H groups in total. The fourth-order valence-corrected chi connectivity index (χ4v) is 2.73. The molecule has 4 unspecified atom stereocenters. The lowest BCUT2D eigenvalue weighted by atomic mass is 9.75. The van der Waals surface area contributed by atoms with Crippen molar-refractivity contribution in [1.82, 2.24) is 0 Å². The first-order valence-corrected chi connectivity index (χ1v) is 4.07.